The average Bonchev–Trinajstić information content (AvgIpc) is 3.29. The lowest BCUT2D eigenvalue weighted by Gasteiger charge is -2.14. The van der Waals surface area contributed by atoms with E-state index in [1.165, 1.54) is 11.3 Å². The Labute approximate surface area is 192 Å². The van der Waals surface area contributed by atoms with Crippen molar-refractivity contribution in [3.63, 3.8) is 0 Å². The molecule has 4 aromatic rings. The molecule has 0 saturated carbocycles. The standard InChI is InChI=1S/C21H18ClN5O4S/c1-29-18-10-16-13(9-19(18)30-11-23)17(4-5-24-16)31-12-2-3-15(14(22)8-12)26-20(28)27-21-25-6-7-32-21/h2-10H,11,23H2,1H3,(H2,25,26,27,28). The number of thiazole rings is 1. The second-order valence-electron chi connectivity index (χ2n) is 6.30. The van der Waals surface area contributed by atoms with E-state index in [4.69, 9.17) is 31.5 Å². The number of hydrogen-bond donors (Lipinski definition) is 3. The van der Waals surface area contributed by atoms with Crippen molar-refractivity contribution in [1.82, 2.24) is 9.97 Å². The lowest BCUT2D eigenvalue weighted by atomic mass is 10.2. The molecular formula is C21H18ClN5O4S. The van der Waals surface area contributed by atoms with Crippen LogP contribution >= 0.6 is 22.9 Å². The SMILES string of the molecule is COc1cc2nccc(Oc3ccc(NC(=O)Nc4nccs4)c(Cl)c3)c2cc1OCN. The number of pyridine rings is 1. The molecule has 164 valence electrons. The van der Waals surface area contributed by atoms with Crippen LogP contribution in [0.5, 0.6) is 23.0 Å². The summed E-state index contributed by atoms with van der Waals surface area (Å²) in [4.78, 5) is 20.5. The molecule has 0 bridgehead atoms. The zero-order chi connectivity index (χ0) is 22.5. The van der Waals surface area contributed by atoms with Crippen molar-refractivity contribution in [2.24, 2.45) is 5.73 Å². The highest BCUT2D eigenvalue weighted by atomic mass is 35.5. The van der Waals surface area contributed by atoms with E-state index in [2.05, 4.69) is 20.6 Å². The Balaban J connectivity index is 1.55. The Morgan fingerprint density at radius 1 is 1.09 bits per heavy atom. The number of amides is 2. The molecule has 0 unspecified atom stereocenters. The zero-order valence-electron chi connectivity index (χ0n) is 16.8. The Kier molecular flexibility index (Phi) is 6.55. The van der Waals surface area contributed by atoms with Crippen LogP contribution in [-0.2, 0) is 0 Å². The van der Waals surface area contributed by atoms with Gasteiger partial charge in [0.1, 0.15) is 18.2 Å². The number of aromatic nitrogens is 2. The summed E-state index contributed by atoms with van der Waals surface area (Å²) in [7, 11) is 1.54. The summed E-state index contributed by atoms with van der Waals surface area (Å²) in [6.45, 7) is -0.00147. The molecule has 0 radical (unpaired) electrons. The monoisotopic (exact) mass is 471 g/mol. The van der Waals surface area contributed by atoms with E-state index in [0.717, 1.165) is 0 Å². The maximum atomic E-state index is 12.1. The summed E-state index contributed by atoms with van der Waals surface area (Å²) in [5, 5.41) is 8.57. The number of carbonyl (C=O) groups is 1. The highest BCUT2D eigenvalue weighted by molar-refractivity contribution is 7.13. The van der Waals surface area contributed by atoms with Crippen LogP contribution in [0.2, 0.25) is 5.02 Å². The first-order valence-electron chi connectivity index (χ1n) is 9.32. The van der Waals surface area contributed by atoms with E-state index in [1.54, 1.807) is 61.3 Å². The van der Waals surface area contributed by atoms with E-state index in [0.29, 0.717) is 49.7 Å². The number of rotatable bonds is 7. The van der Waals surface area contributed by atoms with Crippen LogP contribution in [0, 0.1) is 0 Å². The van der Waals surface area contributed by atoms with Crippen molar-refractivity contribution < 1.29 is 19.0 Å². The highest BCUT2D eigenvalue weighted by Gasteiger charge is 2.13. The van der Waals surface area contributed by atoms with Crippen LogP contribution < -0.4 is 30.6 Å². The Morgan fingerprint density at radius 3 is 2.69 bits per heavy atom. The Bertz CT molecular complexity index is 1250. The van der Waals surface area contributed by atoms with E-state index >= 15 is 0 Å². The summed E-state index contributed by atoms with van der Waals surface area (Å²) in [6, 6.07) is 9.72. The molecule has 2 aromatic carbocycles. The molecule has 0 aliphatic carbocycles. The smallest absolute Gasteiger partial charge is 0.325 e. The first kappa shape index (κ1) is 21.6. The number of ether oxygens (including phenoxy) is 3. The fourth-order valence-corrected chi connectivity index (χ4v) is 3.64. The van der Waals surface area contributed by atoms with Gasteiger partial charge in [0.25, 0.3) is 0 Å². The molecule has 0 saturated heterocycles. The third-order valence-corrected chi connectivity index (χ3v) is 5.30. The normalized spacial score (nSPS) is 10.6. The van der Waals surface area contributed by atoms with Crippen LogP contribution in [0.4, 0.5) is 15.6 Å². The van der Waals surface area contributed by atoms with Crippen LogP contribution in [0.25, 0.3) is 10.9 Å². The number of carbonyl (C=O) groups excluding carboxylic acids is 1. The first-order valence-corrected chi connectivity index (χ1v) is 10.6. The topological polar surface area (TPSA) is 121 Å². The fourth-order valence-electron chi connectivity index (χ4n) is 2.90. The van der Waals surface area contributed by atoms with Gasteiger partial charge in [-0.1, -0.05) is 11.6 Å². The summed E-state index contributed by atoms with van der Waals surface area (Å²) in [5.74, 6) is 2.01. The Morgan fingerprint density at radius 2 is 1.97 bits per heavy atom. The minimum absolute atomic E-state index is 0.00147. The van der Waals surface area contributed by atoms with Crippen molar-refractivity contribution in [3.8, 4) is 23.0 Å². The van der Waals surface area contributed by atoms with Crippen LogP contribution in [0.1, 0.15) is 0 Å². The van der Waals surface area contributed by atoms with Gasteiger partial charge < -0.3 is 19.5 Å². The lowest BCUT2D eigenvalue weighted by Crippen LogP contribution is -2.19. The number of urea groups is 1. The number of nitrogens with one attached hydrogen (secondary N) is 2. The molecule has 32 heavy (non-hydrogen) atoms. The van der Waals surface area contributed by atoms with Gasteiger partial charge >= 0.3 is 6.03 Å². The van der Waals surface area contributed by atoms with E-state index in [1.807, 2.05) is 0 Å². The van der Waals surface area contributed by atoms with Crippen molar-refractivity contribution in [1.29, 1.82) is 0 Å². The van der Waals surface area contributed by atoms with Crippen LogP contribution in [0.3, 0.4) is 0 Å². The third-order valence-electron chi connectivity index (χ3n) is 4.30. The molecule has 0 aliphatic rings. The second kappa shape index (κ2) is 9.69. The predicted octanol–water partition coefficient (Wildman–Crippen LogP) is 5.08. The van der Waals surface area contributed by atoms with E-state index in [-0.39, 0.29) is 6.73 Å². The minimum atomic E-state index is -0.447. The van der Waals surface area contributed by atoms with Gasteiger partial charge in [-0.25, -0.2) is 9.78 Å². The van der Waals surface area contributed by atoms with Gasteiger partial charge in [0.2, 0.25) is 0 Å². The average molecular weight is 472 g/mol. The van der Waals surface area contributed by atoms with Gasteiger partial charge in [-0.15, -0.1) is 11.3 Å². The predicted molar refractivity (Wildman–Crippen MR) is 124 cm³/mol. The number of hydrogen-bond acceptors (Lipinski definition) is 8. The molecule has 0 spiro atoms. The van der Waals surface area contributed by atoms with Gasteiger partial charge in [-0.3, -0.25) is 16.0 Å². The fraction of sp³-hybridized carbons (Fsp3) is 0.0952. The summed E-state index contributed by atoms with van der Waals surface area (Å²) >= 11 is 7.66. The summed E-state index contributed by atoms with van der Waals surface area (Å²) in [6.07, 6.45) is 3.23. The number of benzene rings is 2. The summed E-state index contributed by atoms with van der Waals surface area (Å²) in [5.41, 5.74) is 6.60. The lowest BCUT2D eigenvalue weighted by molar-refractivity contribution is 0.262. The van der Waals surface area contributed by atoms with Crippen LogP contribution in [-0.4, -0.2) is 29.8 Å². The van der Waals surface area contributed by atoms with Gasteiger partial charge in [-0.05, 0) is 24.3 Å². The molecule has 0 fully saturated rings. The molecule has 0 atom stereocenters. The zero-order valence-corrected chi connectivity index (χ0v) is 18.4. The molecule has 2 amide bonds. The van der Waals surface area contributed by atoms with Gasteiger partial charge in [0.15, 0.2) is 16.6 Å². The number of nitrogens with two attached hydrogens (primary N) is 1. The third kappa shape index (κ3) is 4.83. The molecule has 2 aromatic heterocycles. The van der Waals surface area contributed by atoms with Crippen molar-refractivity contribution in [2.45, 2.75) is 0 Å². The largest absolute Gasteiger partial charge is 0.493 e. The molecular weight excluding hydrogens is 454 g/mol. The maximum Gasteiger partial charge on any atom is 0.325 e. The van der Waals surface area contributed by atoms with Crippen LogP contribution in [0.15, 0.2) is 54.2 Å². The van der Waals surface area contributed by atoms with E-state index in [9.17, 15) is 4.79 Å². The number of methoxy groups -OCH3 is 1. The molecule has 2 heterocycles. The molecule has 9 nitrogen and oxygen atoms in total. The Hall–Kier alpha value is -3.60. The van der Waals surface area contributed by atoms with Gasteiger partial charge in [0.05, 0.1) is 23.3 Å². The minimum Gasteiger partial charge on any atom is -0.493 e. The van der Waals surface area contributed by atoms with E-state index < -0.39 is 6.03 Å². The first-order chi connectivity index (χ1) is 15.6. The number of halogens is 1. The highest BCUT2D eigenvalue weighted by Crippen LogP contribution is 2.38. The van der Waals surface area contributed by atoms with Gasteiger partial charge in [-0.2, -0.15) is 0 Å². The van der Waals surface area contributed by atoms with Gasteiger partial charge in [0, 0.05) is 35.3 Å². The van der Waals surface area contributed by atoms with Crippen molar-refractivity contribution in [2.75, 3.05) is 24.5 Å². The maximum absolute atomic E-state index is 12.1. The number of fused-ring (bicyclic) bond motifs is 1. The number of anilines is 2. The quantitative estimate of drug-likeness (QED) is 0.321. The summed E-state index contributed by atoms with van der Waals surface area (Å²) < 4.78 is 16.8. The second-order valence-corrected chi connectivity index (χ2v) is 7.60. The van der Waals surface area contributed by atoms with Crippen molar-refractivity contribution >= 4 is 50.7 Å². The molecule has 11 heteroatoms. The molecule has 4 N–H and O–H groups in total. The molecule has 4 rings (SSSR count). The van der Waals surface area contributed by atoms with Crippen molar-refractivity contribution in [3.05, 3.63) is 59.2 Å². The molecule has 0 aliphatic heterocycles. The number of nitrogens with zero attached hydrogens (tertiary/aromatic N) is 2.